The minimum absolute atomic E-state index is 0.00770. The zero-order valence-electron chi connectivity index (χ0n) is 17.2. The number of carbonyl (C=O) groups is 1. The molecule has 7 heteroatoms. The predicted molar refractivity (Wildman–Crippen MR) is 112 cm³/mol. The number of piperidine rings is 1. The molecule has 0 radical (unpaired) electrons. The minimum atomic E-state index is -0.416. The Morgan fingerprint density at radius 1 is 1.10 bits per heavy atom. The Labute approximate surface area is 177 Å². The lowest BCUT2D eigenvalue weighted by molar-refractivity contribution is -0.129. The van der Waals surface area contributed by atoms with Crippen molar-refractivity contribution >= 4 is 5.91 Å². The summed E-state index contributed by atoms with van der Waals surface area (Å²) in [6, 6.07) is 12.0. The number of ether oxygens (including phenoxy) is 1. The van der Waals surface area contributed by atoms with Crippen LogP contribution in [0.5, 0.6) is 0 Å². The van der Waals surface area contributed by atoms with E-state index in [1.54, 1.807) is 12.1 Å². The quantitative estimate of drug-likeness (QED) is 0.790. The lowest BCUT2D eigenvalue weighted by Gasteiger charge is -2.36. The third-order valence-corrected chi connectivity index (χ3v) is 5.89. The second-order valence-electron chi connectivity index (χ2n) is 7.98. The summed E-state index contributed by atoms with van der Waals surface area (Å²) in [4.78, 5) is 22.2. The monoisotopic (exact) mass is 412 g/mol. The Bertz CT molecular complexity index is 804. The fourth-order valence-electron chi connectivity index (χ4n) is 4.25. The third kappa shape index (κ3) is 5.41. The Balaban J connectivity index is 1.36. The molecule has 1 aromatic carbocycles. The highest BCUT2D eigenvalue weighted by atomic mass is 19.1. The number of morpholine rings is 1. The normalized spacial score (nSPS) is 20.0. The molecule has 0 spiro atoms. The van der Waals surface area contributed by atoms with Gasteiger partial charge in [0.2, 0.25) is 5.91 Å². The topological polar surface area (TPSA) is 57.7 Å². The maximum absolute atomic E-state index is 13.4. The SMILES string of the molecule is O=C(NC1CCN(Cc2ccccn2)CC1)[C@H](c1ccc(F)cc1)N1CCOCC1. The van der Waals surface area contributed by atoms with Crippen LogP contribution in [-0.2, 0) is 16.1 Å². The lowest BCUT2D eigenvalue weighted by atomic mass is 10.0. The highest BCUT2D eigenvalue weighted by molar-refractivity contribution is 5.83. The number of aromatic nitrogens is 1. The van der Waals surface area contributed by atoms with Crippen LogP contribution in [0.15, 0.2) is 48.7 Å². The average molecular weight is 413 g/mol. The number of benzene rings is 1. The first-order chi connectivity index (χ1) is 14.7. The number of rotatable bonds is 6. The molecule has 2 aliphatic heterocycles. The van der Waals surface area contributed by atoms with Crippen LogP contribution in [0.25, 0.3) is 0 Å². The molecule has 0 unspecified atom stereocenters. The van der Waals surface area contributed by atoms with Crippen molar-refractivity contribution in [3.63, 3.8) is 0 Å². The van der Waals surface area contributed by atoms with E-state index in [4.69, 9.17) is 4.74 Å². The summed E-state index contributed by atoms with van der Waals surface area (Å²) in [5, 5.41) is 3.26. The van der Waals surface area contributed by atoms with Gasteiger partial charge >= 0.3 is 0 Å². The molecule has 2 aliphatic rings. The lowest BCUT2D eigenvalue weighted by Crippen LogP contribution is -2.50. The van der Waals surface area contributed by atoms with Crippen LogP contribution in [0.4, 0.5) is 4.39 Å². The van der Waals surface area contributed by atoms with Crippen LogP contribution in [0.2, 0.25) is 0 Å². The fourth-order valence-corrected chi connectivity index (χ4v) is 4.25. The molecular weight excluding hydrogens is 383 g/mol. The van der Waals surface area contributed by atoms with E-state index in [1.165, 1.54) is 12.1 Å². The van der Waals surface area contributed by atoms with Crippen LogP contribution in [0, 0.1) is 5.82 Å². The highest BCUT2D eigenvalue weighted by Gasteiger charge is 2.31. The minimum Gasteiger partial charge on any atom is -0.379 e. The molecule has 0 saturated carbocycles. The van der Waals surface area contributed by atoms with Gasteiger partial charge in [-0.2, -0.15) is 0 Å². The van der Waals surface area contributed by atoms with Crippen molar-refractivity contribution in [1.82, 2.24) is 20.1 Å². The van der Waals surface area contributed by atoms with Gasteiger partial charge in [-0.1, -0.05) is 18.2 Å². The van der Waals surface area contributed by atoms with Gasteiger partial charge in [0.1, 0.15) is 11.9 Å². The first-order valence-corrected chi connectivity index (χ1v) is 10.7. The number of pyridine rings is 1. The van der Waals surface area contributed by atoms with Crippen molar-refractivity contribution in [2.24, 2.45) is 0 Å². The number of amides is 1. The summed E-state index contributed by atoms with van der Waals surface area (Å²) >= 11 is 0. The number of nitrogens with one attached hydrogen (secondary N) is 1. The number of hydrogen-bond acceptors (Lipinski definition) is 5. The van der Waals surface area contributed by atoms with E-state index >= 15 is 0 Å². The van der Waals surface area contributed by atoms with E-state index in [0.717, 1.165) is 43.7 Å². The fraction of sp³-hybridized carbons (Fsp3) is 0.478. The van der Waals surface area contributed by atoms with E-state index in [2.05, 4.69) is 20.1 Å². The molecule has 2 fully saturated rings. The predicted octanol–water partition coefficient (Wildman–Crippen LogP) is 2.37. The summed E-state index contributed by atoms with van der Waals surface area (Å²) in [5.41, 5.74) is 1.90. The summed E-state index contributed by atoms with van der Waals surface area (Å²) < 4.78 is 18.9. The van der Waals surface area contributed by atoms with Gasteiger partial charge in [0.05, 0.1) is 18.9 Å². The number of likely N-dealkylation sites (tertiary alicyclic amines) is 1. The molecule has 3 heterocycles. The molecular formula is C23H29FN4O2. The second-order valence-corrected chi connectivity index (χ2v) is 7.98. The standard InChI is InChI=1S/C23H29FN4O2/c24-19-6-4-18(5-7-19)22(28-13-15-30-16-14-28)23(29)26-20-8-11-27(12-9-20)17-21-3-1-2-10-25-21/h1-7,10,20,22H,8-9,11-17H2,(H,26,29)/t22-/m0/s1. The summed E-state index contributed by atoms with van der Waals surface area (Å²) in [6.07, 6.45) is 3.65. The zero-order chi connectivity index (χ0) is 20.8. The molecule has 6 nitrogen and oxygen atoms in total. The molecule has 160 valence electrons. The highest BCUT2D eigenvalue weighted by Crippen LogP contribution is 2.24. The molecule has 1 amide bonds. The van der Waals surface area contributed by atoms with E-state index in [1.807, 2.05) is 24.4 Å². The number of nitrogens with zero attached hydrogens (tertiary/aromatic N) is 3. The molecule has 1 aromatic heterocycles. The van der Waals surface area contributed by atoms with Crippen LogP contribution in [0.3, 0.4) is 0 Å². The maximum atomic E-state index is 13.4. The van der Waals surface area contributed by atoms with Crippen molar-refractivity contribution in [3.05, 3.63) is 65.7 Å². The van der Waals surface area contributed by atoms with Crippen LogP contribution < -0.4 is 5.32 Å². The molecule has 1 N–H and O–H groups in total. The van der Waals surface area contributed by atoms with E-state index in [9.17, 15) is 9.18 Å². The van der Waals surface area contributed by atoms with Crippen LogP contribution in [-0.4, -0.2) is 66.1 Å². The van der Waals surface area contributed by atoms with E-state index in [-0.39, 0.29) is 17.8 Å². The van der Waals surface area contributed by atoms with Gasteiger partial charge in [-0.25, -0.2) is 4.39 Å². The van der Waals surface area contributed by atoms with E-state index in [0.29, 0.717) is 26.3 Å². The van der Waals surface area contributed by atoms with Crippen molar-refractivity contribution in [1.29, 1.82) is 0 Å². The Morgan fingerprint density at radius 2 is 1.83 bits per heavy atom. The third-order valence-electron chi connectivity index (χ3n) is 5.89. The molecule has 1 atom stereocenters. The molecule has 2 aromatic rings. The van der Waals surface area contributed by atoms with Crippen molar-refractivity contribution in [3.8, 4) is 0 Å². The molecule has 0 aliphatic carbocycles. The Hall–Kier alpha value is -2.35. The molecule has 0 bridgehead atoms. The van der Waals surface area contributed by atoms with Gasteiger partial charge in [0.25, 0.3) is 0 Å². The first-order valence-electron chi connectivity index (χ1n) is 10.7. The number of hydrogen-bond donors (Lipinski definition) is 1. The van der Waals surface area contributed by atoms with Gasteiger partial charge in [-0.3, -0.25) is 19.6 Å². The van der Waals surface area contributed by atoms with Gasteiger partial charge in [0, 0.05) is 45.0 Å². The first kappa shape index (κ1) is 20.9. The smallest absolute Gasteiger partial charge is 0.242 e. The van der Waals surface area contributed by atoms with Crippen LogP contribution in [0.1, 0.15) is 30.1 Å². The van der Waals surface area contributed by atoms with Gasteiger partial charge in [0.15, 0.2) is 0 Å². The average Bonchev–Trinajstić information content (AvgIpc) is 2.78. The second kappa shape index (κ2) is 10.1. The number of carbonyl (C=O) groups excluding carboxylic acids is 1. The number of halogens is 1. The van der Waals surface area contributed by atoms with Crippen molar-refractivity contribution in [2.45, 2.75) is 31.5 Å². The molecule has 30 heavy (non-hydrogen) atoms. The van der Waals surface area contributed by atoms with Crippen molar-refractivity contribution < 1.29 is 13.9 Å². The van der Waals surface area contributed by atoms with Gasteiger partial charge < -0.3 is 10.1 Å². The Morgan fingerprint density at radius 3 is 2.50 bits per heavy atom. The van der Waals surface area contributed by atoms with Crippen molar-refractivity contribution in [2.75, 3.05) is 39.4 Å². The van der Waals surface area contributed by atoms with E-state index < -0.39 is 6.04 Å². The van der Waals surface area contributed by atoms with Gasteiger partial charge in [-0.05, 0) is 42.7 Å². The molecule has 4 rings (SSSR count). The summed E-state index contributed by atoms with van der Waals surface area (Å²) in [6.45, 7) is 5.30. The zero-order valence-corrected chi connectivity index (χ0v) is 17.2. The largest absolute Gasteiger partial charge is 0.379 e. The summed E-state index contributed by atoms with van der Waals surface area (Å²) in [7, 11) is 0. The summed E-state index contributed by atoms with van der Waals surface area (Å²) in [5.74, 6) is -0.299. The Kier molecular flexibility index (Phi) is 7.04. The van der Waals surface area contributed by atoms with Crippen LogP contribution >= 0.6 is 0 Å². The maximum Gasteiger partial charge on any atom is 0.242 e. The molecule has 2 saturated heterocycles. The van der Waals surface area contributed by atoms with Gasteiger partial charge in [-0.15, -0.1) is 0 Å².